The van der Waals surface area contributed by atoms with Gasteiger partial charge in [0.25, 0.3) is 0 Å². The third kappa shape index (κ3) is 4.00. The molecule has 0 aliphatic heterocycles. The molecule has 0 saturated heterocycles. The Morgan fingerprint density at radius 3 is 3.04 bits per heavy atom. The summed E-state index contributed by atoms with van der Waals surface area (Å²) in [6.07, 6.45) is 0. The molecule has 0 unspecified atom stereocenters. The fourth-order valence-electron chi connectivity index (χ4n) is 1.66. The number of anilines is 1. The van der Waals surface area contributed by atoms with Crippen molar-refractivity contribution < 1.29 is 19.0 Å². The van der Waals surface area contributed by atoms with E-state index < -0.39 is 5.82 Å². The standard InChI is InChI=1S/C13H13FN6O3/c1-22-5-4-16-12-11(19-23-20-12)13(18-21)17-9-2-3-10(14)8(6-9)7-15/h2-3,6,21H,4-5H2,1H3,(H,16,20)(H,17,18). The maximum atomic E-state index is 13.3. The van der Waals surface area contributed by atoms with Crippen LogP contribution in [0.4, 0.5) is 15.9 Å². The highest BCUT2D eigenvalue weighted by Gasteiger charge is 2.16. The van der Waals surface area contributed by atoms with Gasteiger partial charge in [0.05, 0.1) is 17.9 Å². The van der Waals surface area contributed by atoms with Crippen LogP contribution >= 0.6 is 0 Å². The summed E-state index contributed by atoms with van der Waals surface area (Å²) in [6.45, 7) is 0.861. The molecule has 9 nitrogen and oxygen atoms in total. The van der Waals surface area contributed by atoms with Gasteiger partial charge in [-0.25, -0.2) is 14.0 Å². The molecule has 0 atom stereocenters. The van der Waals surface area contributed by atoms with Crippen molar-refractivity contribution in [3.63, 3.8) is 0 Å². The van der Waals surface area contributed by atoms with E-state index in [-0.39, 0.29) is 28.6 Å². The van der Waals surface area contributed by atoms with E-state index in [1.54, 1.807) is 13.2 Å². The van der Waals surface area contributed by atoms with E-state index in [9.17, 15) is 9.60 Å². The van der Waals surface area contributed by atoms with Crippen molar-refractivity contribution in [3.8, 4) is 6.07 Å². The topological polar surface area (TPSA) is 129 Å². The molecule has 0 aliphatic rings. The Kier molecular flexibility index (Phi) is 5.56. The highest BCUT2D eigenvalue weighted by molar-refractivity contribution is 6.01. The van der Waals surface area contributed by atoms with Crippen molar-refractivity contribution in [1.82, 2.24) is 15.8 Å². The number of methoxy groups -OCH3 is 1. The lowest BCUT2D eigenvalue weighted by Crippen LogP contribution is -2.22. The molecule has 0 aliphatic carbocycles. The SMILES string of the molecule is COCCNc1nonc1C(=Nc1ccc(F)c(C#N)c1)NO. The number of hydrogen-bond donors (Lipinski definition) is 3. The number of benzene rings is 1. The molecule has 0 spiro atoms. The third-order valence-corrected chi connectivity index (χ3v) is 2.73. The van der Waals surface area contributed by atoms with Gasteiger partial charge in [-0.05, 0) is 28.5 Å². The van der Waals surface area contributed by atoms with E-state index in [1.165, 1.54) is 12.1 Å². The fraction of sp³-hybridized carbons (Fsp3) is 0.231. The first-order valence-electron chi connectivity index (χ1n) is 6.43. The predicted molar refractivity (Wildman–Crippen MR) is 76.9 cm³/mol. The average molecular weight is 320 g/mol. The number of amidine groups is 1. The second-order valence-electron chi connectivity index (χ2n) is 4.23. The van der Waals surface area contributed by atoms with E-state index in [0.717, 1.165) is 6.07 Å². The smallest absolute Gasteiger partial charge is 0.202 e. The molecule has 0 saturated carbocycles. The number of rotatable bonds is 6. The highest BCUT2D eigenvalue weighted by Crippen LogP contribution is 2.19. The zero-order chi connectivity index (χ0) is 16.7. The number of nitrogens with one attached hydrogen (secondary N) is 2. The molecule has 2 rings (SSSR count). The first-order chi connectivity index (χ1) is 11.2. The van der Waals surface area contributed by atoms with Crippen molar-refractivity contribution in [3.05, 3.63) is 35.3 Å². The van der Waals surface area contributed by atoms with Gasteiger partial charge in [0.2, 0.25) is 5.82 Å². The molecule has 0 fully saturated rings. The molecule has 120 valence electrons. The number of aromatic nitrogens is 2. The largest absolute Gasteiger partial charge is 0.383 e. The second kappa shape index (κ2) is 7.83. The van der Waals surface area contributed by atoms with Crippen LogP contribution in [0.15, 0.2) is 27.8 Å². The molecule has 1 aromatic carbocycles. The molecule has 1 heterocycles. The molecular weight excluding hydrogens is 307 g/mol. The van der Waals surface area contributed by atoms with Crippen LogP contribution in [0.25, 0.3) is 0 Å². The first kappa shape index (κ1) is 16.3. The summed E-state index contributed by atoms with van der Waals surface area (Å²) in [5.41, 5.74) is 2.07. The van der Waals surface area contributed by atoms with Gasteiger partial charge in [-0.3, -0.25) is 10.7 Å². The number of ether oxygens (including phenoxy) is 1. The summed E-state index contributed by atoms with van der Waals surface area (Å²) in [5, 5.41) is 28.3. The first-order valence-corrected chi connectivity index (χ1v) is 6.43. The molecule has 0 bridgehead atoms. The van der Waals surface area contributed by atoms with Crippen molar-refractivity contribution in [2.24, 2.45) is 4.99 Å². The molecule has 3 N–H and O–H groups in total. The Morgan fingerprint density at radius 2 is 2.35 bits per heavy atom. The van der Waals surface area contributed by atoms with Crippen molar-refractivity contribution in [1.29, 1.82) is 5.26 Å². The Labute approximate surface area is 130 Å². The summed E-state index contributed by atoms with van der Waals surface area (Å²) in [7, 11) is 1.55. The molecular formula is C13H13FN6O3. The minimum Gasteiger partial charge on any atom is -0.383 e. The summed E-state index contributed by atoms with van der Waals surface area (Å²) in [6, 6.07) is 5.39. The predicted octanol–water partition coefficient (Wildman–Crippen LogP) is 1.20. The molecule has 0 amide bonds. The van der Waals surface area contributed by atoms with Crippen LogP contribution in [-0.2, 0) is 4.74 Å². The molecule has 10 heteroatoms. The molecule has 1 aromatic heterocycles. The van der Waals surface area contributed by atoms with Gasteiger partial charge in [-0.2, -0.15) is 5.26 Å². The monoisotopic (exact) mass is 320 g/mol. The molecule has 2 aromatic rings. The lowest BCUT2D eigenvalue weighted by Gasteiger charge is -2.05. The van der Waals surface area contributed by atoms with Crippen LogP contribution in [0.3, 0.4) is 0 Å². The van der Waals surface area contributed by atoms with Gasteiger partial charge in [0.1, 0.15) is 11.9 Å². The number of aliphatic imine (C=N–C) groups is 1. The Morgan fingerprint density at radius 1 is 1.52 bits per heavy atom. The number of hydroxylamine groups is 1. The lowest BCUT2D eigenvalue weighted by atomic mass is 10.2. The maximum absolute atomic E-state index is 13.3. The molecule has 23 heavy (non-hydrogen) atoms. The Balaban J connectivity index is 2.29. The van der Waals surface area contributed by atoms with Gasteiger partial charge >= 0.3 is 0 Å². The third-order valence-electron chi connectivity index (χ3n) is 2.73. The summed E-state index contributed by atoms with van der Waals surface area (Å²) >= 11 is 0. The number of halogens is 1. The van der Waals surface area contributed by atoms with Gasteiger partial charge in [0.15, 0.2) is 11.5 Å². The number of nitrogens with zero attached hydrogens (tertiary/aromatic N) is 4. The van der Waals surface area contributed by atoms with Gasteiger partial charge in [-0.1, -0.05) is 0 Å². The second-order valence-corrected chi connectivity index (χ2v) is 4.23. The van der Waals surface area contributed by atoms with Crippen LogP contribution in [-0.4, -0.2) is 41.6 Å². The van der Waals surface area contributed by atoms with Crippen LogP contribution in [0.2, 0.25) is 0 Å². The quantitative estimate of drug-likeness (QED) is 0.313. The summed E-state index contributed by atoms with van der Waals surface area (Å²) in [5.74, 6) is -0.499. The van der Waals surface area contributed by atoms with E-state index >= 15 is 0 Å². The minimum atomic E-state index is -0.657. The lowest BCUT2D eigenvalue weighted by molar-refractivity contribution is 0.210. The zero-order valence-corrected chi connectivity index (χ0v) is 12.1. The van der Waals surface area contributed by atoms with E-state index in [2.05, 4.69) is 25.3 Å². The van der Waals surface area contributed by atoms with Crippen LogP contribution < -0.4 is 10.8 Å². The van der Waals surface area contributed by atoms with Crippen molar-refractivity contribution in [2.45, 2.75) is 0 Å². The van der Waals surface area contributed by atoms with E-state index in [0.29, 0.717) is 13.2 Å². The number of hydrogen-bond acceptors (Lipinski definition) is 8. The Hall–Kier alpha value is -3.03. The van der Waals surface area contributed by atoms with Crippen LogP contribution in [0.5, 0.6) is 0 Å². The summed E-state index contributed by atoms with van der Waals surface area (Å²) < 4.78 is 22.8. The van der Waals surface area contributed by atoms with Crippen LogP contribution in [0, 0.1) is 17.1 Å². The summed E-state index contributed by atoms with van der Waals surface area (Å²) in [4.78, 5) is 4.06. The maximum Gasteiger partial charge on any atom is 0.202 e. The van der Waals surface area contributed by atoms with E-state index in [4.69, 9.17) is 10.00 Å². The van der Waals surface area contributed by atoms with Crippen LogP contribution in [0.1, 0.15) is 11.3 Å². The van der Waals surface area contributed by atoms with Crippen molar-refractivity contribution in [2.75, 3.05) is 25.6 Å². The number of nitriles is 1. The highest BCUT2D eigenvalue weighted by atomic mass is 19.1. The van der Waals surface area contributed by atoms with E-state index in [1.807, 2.05) is 5.48 Å². The normalized spacial score (nSPS) is 11.1. The Bertz CT molecular complexity index is 740. The average Bonchev–Trinajstić information content (AvgIpc) is 3.02. The van der Waals surface area contributed by atoms with Gasteiger partial charge in [0, 0.05) is 13.7 Å². The molecule has 0 radical (unpaired) electrons. The van der Waals surface area contributed by atoms with Crippen molar-refractivity contribution >= 4 is 17.3 Å². The van der Waals surface area contributed by atoms with Gasteiger partial charge in [-0.15, -0.1) is 0 Å². The fourth-order valence-corrected chi connectivity index (χ4v) is 1.66. The minimum absolute atomic E-state index is 0.0818. The zero-order valence-electron chi connectivity index (χ0n) is 12.1. The van der Waals surface area contributed by atoms with Gasteiger partial charge < -0.3 is 10.1 Å².